The molecule has 1 N–H and O–H groups in total. The monoisotopic (exact) mass is 924 g/mol. The Labute approximate surface area is 416 Å². The van der Waals surface area contributed by atoms with Gasteiger partial charge in [-0.1, -0.05) is 212 Å². The van der Waals surface area contributed by atoms with Crippen molar-refractivity contribution in [1.29, 1.82) is 0 Å². The van der Waals surface area contributed by atoms with Gasteiger partial charge in [0, 0.05) is 43.4 Å². The number of fused-ring (bicyclic) bond motifs is 12. The maximum atomic E-state index is 5.72. The average Bonchev–Trinajstić information content (AvgIpc) is 4.13. The van der Waals surface area contributed by atoms with Gasteiger partial charge in [-0.25, -0.2) is 4.99 Å². The molecule has 15 rings (SSSR count). The van der Waals surface area contributed by atoms with Crippen molar-refractivity contribution in [2.75, 3.05) is 4.90 Å². The van der Waals surface area contributed by atoms with Crippen molar-refractivity contribution >= 4 is 83.4 Å². The van der Waals surface area contributed by atoms with Gasteiger partial charge in [0.05, 0.1) is 28.8 Å². The number of thioether (sulfide) groups is 1. The molecule has 0 radical (unpaired) electrons. The number of anilines is 1. The molecule has 3 atom stereocenters. The third-order valence-electron chi connectivity index (χ3n) is 15.2. The highest BCUT2D eigenvalue weighted by Crippen LogP contribution is 2.52. The maximum absolute atomic E-state index is 5.72. The molecule has 10 aromatic carbocycles. The number of aromatic nitrogens is 1. The summed E-state index contributed by atoms with van der Waals surface area (Å²) in [5.74, 6) is 0.966. The minimum absolute atomic E-state index is 0.0148. The van der Waals surface area contributed by atoms with E-state index < -0.39 is 0 Å². The van der Waals surface area contributed by atoms with Crippen LogP contribution in [-0.4, -0.2) is 22.6 Å². The van der Waals surface area contributed by atoms with Crippen LogP contribution in [0.25, 0.3) is 88.0 Å². The Morgan fingerprint density at radius 2 is 1.18 bits per heavy atom. The maximum Gasteiger partial charge on any atom is 0.205 e. The summed E-state index contributed by atoms with van der Waals surface area (Å²) in [5.41, 5.74) is 16.8. The van der Waals surface area contributed by atoms with Gasteiger partial charge in [-0.2, -0.15) is 0 Å². The zero-order valence-electron chi connectivity index (χ0n) is 38.6. The summed E-state index contributed by atoms with van der Waals surface area (Å²) in [6.07, 6.45) is 7.11. The van der Waals surface area contributed by atoms with Crippen LogP contribution in [0.5, 0.6) is 0 Å². The van der Waals surface area contributed by atoms with Gasteiger partial charge in [-0.15, -0.1) is 0 Å². The van der Waals surface area contributed by atoms with Crippen molar-refractivity contribution in [3.8, 4) is 27.9 Å². The molecular formula is C66H44N4S. The lowest BCUT2D eigenvalue weighted by Crippen LogP contribution is -2.50. The molecule has 4 nitrogen and oxygen atoms in total. The Balaban J connectivity index is 0.878. The number of nitrogens with zero attached hydrogens (tertiary/aromatic N) is 3. The quantitative estimate of drug-likeness (QED) is 0.187. The third kappa shape index (κ3) is 6.36. The number of hydrogen-bond donors (Lipinski definition) is 1. The molecule has 3 unspecified atom stereocenters. The fourth-order valence-electron chi connectivity index (χ4n) is 11.9. The van der Waals surface area contributed by atoms with Crippen LogP contribution in [0.15, 0.2) is 247 Å². The van der Waals surface area contributed by atoms with Crippen molar-refractivity contribution in [2.24, 2.45) is 4.99 Å². The Morgan fingerprint density at radius 3 is 2.04 bits per heavy atom. The van der Waals surface area contributed by atoms with Crippen LogP contribution in [0.4, 0.5) is 5.69 Å². The summed E-state index contributed by atoms with van der Waals surface area (Å²) in [4.78, 5) is 10.7. The van der Waals surface area contributed by atoms with Crippen LogP contribution in [0, 0.1) is 0 Å². The van der Waals surface area contributed by atoms with Crippen LogP contribution in [0.2, 0.25) is 0 Å². The highest BCUT2D eigenvalue weighted by molar-refractivity contribution is 8.12. The van der Waals surface area contributed by atoms with E-state index >= 15 is 0 Å². The second-order valence-electron chi connectivity index (χ2n) is 19.1. The summed E-state index contributed by atoms with van der Waals surface area (Å²) in [6, 6.07) is 82.3. The van der Waals surface area contributed by atoms with E-state index in [1.165, 1.54) is 103 Å². The summed E-state index contributed by atoms with van der Waals surface area (Å²) < 4.78 is 2.44. The average molecular weight is 925 g/mol. The molecule has 5 heteroatoms. The van der Waals surface area contributed by atoms with E-state index in [9.17, 15) is 0 Å². The number of aliphatic imine (C=N–C) groups is 1. The Bertz CT molecular complexity index is 4120. The van der Waals surface area contributed by atoms with Gasteiger partial charge in [0.1, 0.15) is 0 Å². The van der Waals surface area contributed by atoms with E-state index in [2.05, 4.69) is 257 Å². The summed E-state index contributed by atoms with van der Waals surface area (Å²) >= 11 is 1.83. The lowest BCUT2D eigenvalue weighted by atomic mass is 9.80. The minimum atomic E-state index is -0.0442. The minimum Gasteiger partial charge on any atom is -0.345 e. The molecule has 4 aliphatic rings. The first-order valence-corrected chi connectivity index (χ1v) is 25.4. The predicted octanol–water partition coefficient (Wildman–Crippen LogP) is 16.3. The first-order chi connectivity index (χ1) is 35.2. The number of hydrogen-bond acceptors (Lipinski definition) is 4. The van der Waals surface area contributed by atoms with Gasteiger partial charge in [-0.3, -0.25) is 0 Å². The molecular weight excluding hydrogens is 881 g/mol. The summed E-state index contributed by atoms with van der Waals surface area (Å²) in [7, 11) is 0. The van der Waals surface area contributed by atoms with Crippen molar-refractivity contribution < 1.29 is 0 Å². The Morgan fingerprint density at radius 1 is 0.493 bits per heavy atom. The van der Waals surface area contributed by atoms with E-state index in [1.54, 1.807) is 0 Å². The molecule has 334 valence electrons. The van der Waals surface area contributed by atoms with E-state index in [0.717, 1.165) is 22.9 Å². The van der Waals surface area contributed by atoms with E-state index in [0.29, 0.717) is 0 Å². The zero-order chi connectivity index (χ0) is 46.6. The highest BCUT2D eigenvalue weighted by Gasteiger charge is 2.45. The van der Waals surface area contributed by atoms with Crippen LogP contribution in [0.1, 0.15) is 33.7 Å². The largest absolute Gasteiger partial charge is 0.345 e. The SMILES string of the molecule is C1=CC2C(c3ccccc31)c1cc(-c3ccc4c5c6ccccc6ccc5n(-c5ccccc5)c4c3)ccc1N2C1=NC(c2ccc(-c3cccc4ccccc34)cc2)=C2SC(c3ccccc3)=CC2N1. The molecule has 71 heavy (non-hydrogen) atoms. The van der Waals surface area contributed by atoms with E-state index in [-0.39, 0.29) is 18.0 Å². The molecule has 0 spiro atoms. The molecule has 11 aromatic rings. The van der Waals surface area contributed by atoms with Crippen LogP contribution >= 0.6 is 11.8 Å². The molecule has 0 fully saturated rings. The fraction of sp³-hybridized carbons (Fsp3) is 0.0455. The Hall–Kier alpha value is -8.64. The molecule has 0 bridgehead atoms. The predicted molar refractivity (Wildman–Crippen MR) is 300 cm³/mol. The summed E-state index contributed by atoms with van der Waals surface area (Å²) in [6.45, 7) is 0. The molecule has 1 aromatic heterocycles. The van der Waals surface area contributed by atoms with E-state index in [1.807, 2.05) is 11.8 Å². The second-order valence-corrected chi connectivity index (χ2v) is 20.1. The lowest BCUT2D eigenvalue weighted by molar-refractivity contribution is 0.714. The fourth-order valence-corrected chi connectivity index (χ4v) is 13.1. The standard InChI is InChI=1S/C66H44N4S/c1-3-17-45(18-4-1)61-40-56-65(71-61)64(46-28-26-44(27-29-46)51-25-13-19-41-14-7-10-22-50(41)51)68-66(67-56)70-57-35-33-47(38-55(57)63-53-24-12-9-16-43(53)32-37-59(63)70)48-30-34-54-60(39-48)69(49-20-5-2-6-21-49)58-36-31-42-15-8-11-23-52(42)62(54)58/h1-40,56,59,63H,(H,67,68). The van der Waals surface area contributed by atoms with Crippen molar-refractivity contribution in [3.05, 3.63) is 269 Å². The van der Waals surface area contributed by atoms with Gasteiger partial charge in [0.15, 0.2) is 0 Å². The van der Waals surface area contributed by atoms with Crippen molar-refractivity contribution in [3.63, 3.8) is 0 Å². The van der Waals surface area contributed by atoms with Gasteiger partial charge >= 0.3 is 0 Å². The van der Waals surface area contributed by atoms with Crippen LogP contribution in [0.3, 0.4) is 0 Å². The number of benzene rings is 10. The third-order valence-corrected chi connectivity index (χ3v) is 16.4. The highest BCUT2D eigenvalue weighted by atomic mass is 32.2. The van der Waals surface area contributed by atoms with Gasteiger partial charge in [0.2, 0.25) is 5.96 Å². The number of para-hydroxylation sites is 1. The topological polar surface area (TPSA) is 32.6 Å². The van der Waals surface area contributed by atoms with Crippen molar-refractivity contribution in [2.45, 2.75) is 18.0 Å². The lowest BCUT2D eigenvalue weighted by Gasteiger charge is -2.35. The van der Waals surface area contributed by atoms with Gasteiger partial charge in [0.25, 0.3) is 0 Å². The first-order valence-electron chi connectivity index (χ1n) is 24.6. The molecule has 0 saturated heterocycles. The summed E-state index contributed by atoms with van der Waals surface area (Å²) in [5, 5.41) is 11.6. The molecule has 4 heterocycles. The smallest absolute Gasteiger partial charge is 0.205 e. The van der Waals surface area contributed by atoms with E-state index in [4.69, 9.17) is 4.99 Å². The molecule has 0 amide bonds. The number of nitrogens with one attached hydrogen (secondary N) is 1. The Kier molecular flexibility index (Phi) is 9.05. The van der Waals surface area contributed by atoms with Gasteiger partial charge < -0.3 is 14.8 Å². The van der Waals surface area contributed by atoms with Crippen LogP contribution in [-0.2, 0) is 0 Å². The normalized spacial score (nSPS) is 17.8. The number of guanidine groups is 1. The zero-order valence-corrected chi connectivity index (χ0v) is 39.4. The van der Waals surface area contributed by atoms with Crippen molar-refractivity contribution in [1.82, 2.24) is 9.88 Å². The first kappa shape index (κ1) is 40.3. The number of rotatable bonds is 5. The van der Waals surface area contributed by atoms with Crippen LogP contribution < -0.4 is 10.2 Å². The molecule has 0 saturated carbocycles. The second kappa shape index (κ2) is 16.0. The molecule has 1 aliphatic carbocycles. The molecule has 3 aliphatic heterocycles. The van der Waals surface area contributed by atoms with Gasteiger partial charge in [-0.05, 0) is 109 Å².